The lowest BCUT2D eigenvalue weighted by Crippen LogP contribution is -2.17. The summed E-state index contributed by atoms with van der Waals surface area (Å²) < 4.78 is 44.3. The van der Waals surface area contributed by atoms with Gasteiger partial charge in [-0.3, -0.25) is 0 Å². The molecule has 0 bridgehead atoms. The molecule has 0 N–H and O–H groups in total. The quantitative estimate of drug-likeness (QED) is 0.750. The van der Waals surface area contributed by atoms with Crippen LogP contribution in [0.3, 0.4) is 0 Å². The summed E-state index contributed by atoms with van der Waals surface area (Å²) in [6.45, 7) is 0. The molecule has 0 spiro atoms. The number of alkyl halides is 3. The first kappa shape index (κ1) is 10.2. The van der Waals surface area contributed by atoms with E-state index in [1.807, 2.05) is 0 Å². The van der Waals surface area contributed by atoms with Crippen molar-refractivity contribution >= 4 is 22.6 Å². The van der Waals surface area contributed by atoms with Gasteiger partial charge in [0.1, 0.15) is 5.75 Å². The Kier molecular flexibility index (Phi) is 2.26. The molecule has 2 rings (SSSR count). The molecule has 15 heavy (non-hydrogen) atoms. The summed E-state index contributed by atoms with van der Waals surface area (Å²) >= 11 is 5.67. The lowest BCUT2D eigenvalue weighted by molar-refractivity contribution is -0.274. The van der Waals surface area contributed by atoms with Crippen molar-refractivity contribution in [3.8, 4) is 5.75 Å². The summed E-state index contributed by atoms with van der Waals surface area (Å²) in [4.78, 5) is 0. The molecule has 1 aromatic carbocycles. The smallest absolute Gasteiger partial charge is 0.451 e. The summed E-state index contributed by atoms with van der Waals surface area (Å²) in [7, 11) is 0. The summed E-state index contributed by atoms with van der Waals surface area (Å²) in [6.07, 6.45) is -2.36. The van der Waals surface area contributed by atoms with Crippen LogP contribution in [0.1, 0.15) is 0 Å². The first-order chi connectivity index (χ1) is 6.96. The van der Waals surface area contributed by atoms with E-state index < -0.39 is 6.36 Å². The Hall–Kier alpha value is -1.36. The van der Waals surface area contributed by atoms with E-state index in [1.54, 1.807) is 0 Å². The second-order valence-corrected chi connectivity index (χ2v) is 3.14. The van der Waals surface area contributed by atoms with Crippen molar-refractivity contribution in [1.82, 2.24) is 0 Å². The highest BCUT2D eigenvalue weighted by atomic mass is 35.5. The molecule has 0 aliphatic carbocycles. The van der Waals surface area contributed by atoms with Gasteiger partial charge in [-0.2, -0.15) is 0 Å². The highest BCUT2D eigenvalue weighted by Crippen LogP contribution is 2.32. The first-order valence-electron chi connectivity index (χ1n) is 3.80. The van der Waals surface area contributed by atoms with Crippen molar-refractivity contribution in [2.45, 2.75) is 6.36 Å². The summed E-state index contributed by atoms with van der Waals surface area (Å²) in [5.74, 6) is -0.380. The molecule has 2 nitrogen and oxygen atoms in total. The van der Waals surface area contributed by atoms with E-state index in [2.05, 4.69) is 11.0 Å². The van der Waals surface area contributed by atoms with Crippen molar-refractivity contribution in [2.24, 2.45) is 0 Å². The average Bonchev–Trinajstić information content (AvgIpc) is 2.48. The molecule has 0 saturated carbocycles. The third kappa shape index (κ3) is 2.18. The third-order valence-corrected chi connectivity index (χ3v) is 1.94. The summed E-state index contributed by atoms with van der Waals surface area (Å²) in [5.41, 5.74) is 0.284. The van der Waals surface area contributed by atoms with Crippen LogP contribution < -0.4 is 4.74 Å². The Morgan fingerprint density at radius 1 is 1.33 bits per heavy atom. The van der Waals surface area contributed by atoms with Crippen LogP contribution in [0.15, 0.2) is 22.6 Å². The van der Waals surface area contributed by atoms with E-state index in [9.17, 15) is 13.2 Å². The molecule has 0 saturated heterocycles. The van der Waals surface area contributed by atoms with Gasteiger partial charge in [0.05, 0.1) is 5.02 Å². The molecule has 0 aliphatic rings. The van der Waals surface area contributed by atoms with Crippen molar-refractivity contribution in [3.05, 3.63) is 29.5 Å². The van der Waals surface area contributed by atoms with Crippen molar-refractivity contribution in [2.75, 3.05) is 0 Å². The van der Waals surface area contributed by atoms with Crippen LogP contribution in [0.25, 0.3) is 11.0 Å². The van der Waals surface area contributed by atoms with Crippen molar-refractivity contribution in [3.63, 3.8) is 0 Å². The fraction of sp³-hybridized carbons (Fsp3) is 0.111. The number of furan rings is 1. The minimum atomic E-state index is -4.73. The van der Waals surface area contributed by atoms with Crippen LogP contribution in [0.4, 0.5) is 13.2 Å². The monoisotopic (exact) mass is 235 g/mol. The summed E-state index contributed by atoms with van der Waals surface area (Å²) in [6, 6.07) is 3.59. The third-order valence-electron chi connectivity index (χ3n) is 1.65. The molecular weight excluding hydrogens is 233 g/mol. The van der Waals surface area contributed by atoms with Gasteiger partial charge in [0, 0.05) is 11.5 Å². The van der Waals surface area contributed by atoms with Crippen molar-refractivity contribution in [1.29, 1.82) is 0 Å². The van der Waals surface area contributed by atoms with E-state index in [1.165, 1.54) is 12.1 Å². The Bertz CT molecular complexity index is 490. The molecule has 1 radical (unpaired) electrons. The van der Waals surface area contributed by atoms with Gasteiger partial charge in [-0.25, -0.2) is 0 Å². The first-order valence-corrected chi connectivity index (χ1v) is 4.18. The number of ether oxygens (including phenoxy) is 1. The Labute approximate surface area is 87.2 Å². The van der Waals surface area contributed by atoms with Crippen LogP contribution >= 0.6 is 11.6 Å². The molecule has 0 fully saturated rings. The average molecular weight is 236 g/mol. The molecular formula is C9H3ClF3O2. The zero-order chi connectivity index (χ0) is 11.1. The second-order valence-electron chi connectivity index (χ2n) is 2.74. The van der Waals surface area contributed by atoms with Gasteiger partial charge in [-0.15, -0.1) is 13.2 Å². The molecule has 79 valence electrons. The zero-order valence-electron chi connectivity index (χ0n) is 7.06. The second kappa shape index (κ2) is 3.34. The molecule has 0 atom stereocenters. The fourth-order valence-corrected chi connectivity index (χ4v) is 1.40. The number of halogens is 4. The van der Waals surface area contributed by atoms with Crippen LogP contribution in [0, 0.1) is 6.26 Å². The number of rotatable bonds is 1. The van der Waals surface area contributed by atoms with Crippen LogP contribution in [-0.4, -0.2) is 6.36 Å². The van der Waals surface area contributed by atoms with Gasteiger partial charge in [0.2, 0.25) is 0 Å². The molecule has 0 unspecified atom stereocenters. The Morgan fingerprint density at radius 2 is 2.07 bits per heavy atom. The van der Waals surface area contributed by atoms with Gasteiger partial charge in [-0.05, 0) is 12.1 Å². The highest BCUT2D eigenvalue weighted by Gasteiger charge is 2.31. The Morgan fingerprint density at radius 3 is 2.73 bits per heavy atom. The largest absolute Gasteiger partial charge is 0.573 e. The van der Waals surface area contributed by atoms with E-state index in [4.69, 9.17) is 16.0 Å². The van der Waals surface area contributed by atoms with Gasteiger partial charge in [0.15, 0.2) is 11.8 Å². The SMILES string of the molecule is FC(F)(F)Oc1cc(Cl)c2o[c]cc2c1. The molecule has 0 amide bonds. The number of hydrogen-bond donors (Lipinski definition) is 0. The predicted octanol–water partition coefficient (Wildman–Crippen LogP) is 3.78. The predicted molar refractivity (Wildman–Crippen MR) is 46.7 cm³/mol. The highest BCUT2D eigenvalue weighted by molar-refractivity contribution is 6.35. The van der Waals surface area contributed by atoms with Gasteiger partial charge in [0.25, 0.3) is 0 Å². The molecule has 0 aliphatic heterocycles. The topological polar surface area (TPSA) is 22.4 Å². The van der Waals surface area contributed by atoms with Crippen LogP contribution in [0.2, 0.25) is 5.02 Å². The van der Waals surface area contributed by atoms with Gasteiger partial charge in [-0.1, -0.05) is 11.6 Å². The standard InChI is InChI=1S/C9H3ClF3O2/c10-7-4-6(15-9(11,12)13)3-5-1-2-14-8(5)7/h1,3-4H. The lowest BCUT2D eigenvalue weighted by Gasteiger charge is -2.08. The normalized spacial score (nSPS) is 12.0. The lowest BCUT2D eigenvalue weighted by atomic mass is 10.2. The van der Waals surface area contributed by atoms with E-state index in [0.29, 0.717) is 5.39 Å². The number of hydrogen-bond acceptors (Lipinski definition) is 2. The van der Waals surface area contributed by atoms with Crippen LogP contribution in [-0.2, 0) is 0 Å². The maximum atomic E-state index is 11.9. The van der Waals surface area contributed by atoms with E-state index in [0.717, 1.165) is 6.07 Å². The number of fused-ring (bicyclic) bond motifs is 1. The van der Waals surface area contributed by atoms with Gasteiger partial charge >= 0.3 is 6.36 Å². The van der Waals surface area contributed by atoms with E-state index >= 15 is 0 Å². The fourth-order valence-electron chi connectivity index (χ4n) is 1.15. The van der Waals surface area contributed by atoms with Gasteiger partial charge < -0.3 is 9.15 Å². The summed E-state index contributed by atoms with van der Waals surface area (Å²) in [5, 5.41) is 0.453. The molecule has 1 heterocycles. The zero-order valence-corrected chi connectivity index (χ0v) is 7.82. The van der Waals surface area contributed by atoms with E-state index in [-0.39, 0.29) is 16.4 Å². The number of benzene rings is 1. The molecule has 2 aromatic rings. The van der Waals surface area contributed by atoms with Crippen LogP contribution in [0.5, 0.6) is 5.75 Å². The maximum absolute atomic E-state index is 11.9. The molecule has 6 heteroatoms. The van der Waals surface area contributed by atoms with Crippen molar-refractivity contribution < 1.29 is 22.3 Å². The maximum Gasteiger partial charge on any atom is 0.573 e. The molecule has 1 aromatic heterocycles. The minimum absolute atomic E-state index is 0.0491. The Balaban J connectivity index is 2.45. The minimum Gasteiger partial charge on any atom is -0.451 e.